The highest BCUT2D eigenvalue weighted by atomic mass is 14.8. The molecule has 0 unspecified atom stereocenters. The molecule has 0 aliphatic carbocycles. The minimum atomic E-state index is 0.880. The first kappa shape index (κ1) is 27.6. The van der Waals surface area contributed by atoms with Gasteiger partial charge in [0.25, 0.3) is 0 Å². The summed E-state index contributed by atoms with van der Waals surface area (Å²) in [5, 5.41) is 9.17. The van der Waals surface area contributed by atoms with Crippen LogP contribution in [0.25, 0.3) is 98.9 Å². The Morgan fingerprint density at radius 1 is 0.306 bits per heavy atom. The number of hydrogen-bond donors (Lipinski definition) is 0. The van der Waals surface area contributed by atoms with Gasteiger partial charge in [-0.15, -0.1) is 0 Å². The molecular weight excluding hydrogens is 597 g/mol. The van der Waals surface area contributed by atoms with Crippen LogP contribution in [0.15, 0.2) is 152 Å². The molecule has 10 aromatic rings. The van der Waals surface area contributed by atoms with Gasteiger partial charge in [0, 0.05) is 43.9 Å². The molecule has 0 saturated heterocycles. The predicted octanol–water partition coefficient (Wildman–Crippen LogP) is 11.5. The Bertz CT molecular complexity index is 2830. The van der Waals surface area contributed by atoms with Crippen molar-refractivity contribution >= 4 is 65.2 Å². The summed E-state index contributed by atoms with van der Waals surface area (Å²) in [5.74, 6) is 0. The first-order valence-electron chi connectivity index (χ1n) is 16.5. The van der Waals surface area contributed by atoms with E-state index < -0.39 is 0 Å². The Labute approximate surface area is 282 Å². The van der Waals surface area contributed by atoms with E-state index >= 15 is 0 Å². The summed E-state index contributed by atoms with van der Waals surface area (Å²) >= 11 is 0. The van der Waals surface area contributed by atoms with E-state index in [0.717, 1.165) is 83.1 Å². The summed E-state index contributed by atoms with van der Waals surface area (Å²) < 4.78 is 0. The van der Waals surface area contributed by atoms with Crippen molar-refractivity contribution in [3.63, 3.8) is 0 Å². The minimum absolute atomic E-state index is 0.880. The number of aryl methyl sites for hydroxylation is 1. The second-order valence-corrected chi connectivity index (χ2v) is 12.8. The molecule has 6 aromatic carbocycles. The Balaban J connectivity index is 1.19. The number of benzene rings is 6. The third-order valence-electron chi connectivity index (χ3n) is 9.59. The van der Waals surface area contributed by atoms with Gasteiger partial charge in [-0.05, 0) is 95.2 Å². The molecule has 0 N–H and O–H groups in total. The molecule has 0 radical (unpaired) electrons. The van der Waals surface area contributed by atoms with Crippen LogP contribution in [0.2, 0.25) is 0 Å². The normalized spacial score (nSPS) is 11.8. The summed E-state index contributed by atoms with van der Waals surface area (Å²) in [6.07, 6.45) is 0. The zero-order chi connectivity index (χ0) is 32.5. The number of pyridine rings is 4. The predicted molar refractivity (Wildman–Crippen MR) is 204 cm³/mol. The highest BCUT2D eigenvalue weighted by Gasteiger charge is 2.14. The second kappa shape index (κ2) is 10.8. The van der Waals surface area contributed by atoms with Crippen LogP contribution in [0.5, 0.6) is 0 Å². The van der Waals surface area contributed by atoms with Crippen molar-refractivity contribution in [2.75, 3.05) is 0 Å². The Morgan fingerprint density at radius 3 is 1.20 bits per heavy atom. The van der Waals surface area contributed by atoms with E-state index in [1.165, 1.54) is 21.5 Å². The molecule has 0 bridgehead atoms. The molecule has 0 spiro atoms. The largest absolute Gasteiger partial charge is 0.251 e. The SMILES string of the molecule is Cc1ccc2ccc3ccc(-c4cc(-c5ccc6cc7ccccc7cc6n5)cc(-c5ccc6cc7ccccc7cc6n5)c4)nc3c2n1. The third-order valence-corrected chi connectivity index (χ3v) is 9.59. The van der Waals surface area contributed by atoms with E-state index in [1.807, 2.05) is 13.0 Å². The monoisotopic (exact) mass is 624 g/mol. The smallest absolute Gasteiger partial charge is 0.0972 e. The molecule has 49 heavy (non-hydrogen) atoms. The zero-order valence-electron chi connectivity index (χ0n) is 26.7. The van der Waals surface area contributed by atoms with Crippen molar-refractivity contribution in [1.82, 2.24) is 19.9 Å². The highest BCUT2D eigenvalue weighted by Crippen LogP contribution is 2.35. The average Bonchev–Trinajstić information content (AvgIpc) is 3.15. The maximum atomic E-state index is 5.25. The van der Waals surface area contributed by atoms with Gasteiger partial charge in [0.1, 0.15) is 0 Å². The number of rotatable bonds is 3. The highest BCUT2D eigenvalue weighted by molar-refractivity contribution is 6.04. The topological polar surface area (TPSA) is 51.6 Å². The second-order valence-electron chi connectivity index (χ2n) is 12.8. The fourth-order valence-corrected chi connectivity index (χ4v) is 7.04. The van der Waals surface area contributed by atoms with Crippen molar-refractivity contribution < 1.29 is 0 Å². The summed E-state index contributed by atoms with van der Waals surface area (Å²) in [5.41, 5.74) is 10.4. The van der Waals surface area contributed by atoms with E-state index in [4.69, 9.17) is 19.9 Å². The van der Waals surface area contributed by atoms with Gasteiger partial charge in [-0.2, -0.15) is 0 Å². The summed E-state index contributed by atoms with van der Waals surface area (Å²) in [7, 11) is 0. The van der Waals surface area contributed by atoms with Crippen LogP contribution >= 0.6 is 0 Å². The third kappa shape index (κ3) is 4.77. The van der Waals surface area contributed by atoms with Crippen molar-refractivity contribution in [2.24, 2.45) is 0 Å². The van der Waals surface area contributed by atoms with Crippen molar-refractivity contribution in [3.8, 4) is 33.8 Å². The molecule has 0 atom stereocenters. The van der Waals surface area contributed by atoms with E-state index in [2.05, 4.69) is 146 Å². The quantitative estimate of drug-likeness (QED) is 0.145. The lowest BCUT2D eigenvalue weighted by Gasteiger charge is -2.12. The summed E-state index contributed by atoms with van der Waals surface area (Å²) in [6, 6.07) is 53.5. The summed E-state index contributed by atoms with van der Waals surface area (Å²) in [4.78, 5) is 20.5. The van der Waals surface area contributed by atoms with Crippen LogP contribution in [0, 0.1) is 6.92 Å². The molecule has 0 aliphatic heterocycles. The number of nitrogens with zero attached hydrogens (tertiary/aromatic N) is 4. The van der Waals surface area contributed by atoms with Gasteiger partial charge in [0.05, 0.1) is 39.1 Å². The van der Waals surface area contributed by atoms with Crippen LogP contribution in [0.4, 0.5) is 0 Å². The van der Waals surface area contributed by atoms with Gasteiger partial charge in [0.2, 0.25) is 0 Å². The number of hydrogen-bond acceptors (Lipinski definition) is 4. The average molecular weight is 625 g/mol. The molecule has 0 fully saturated rings. The zero-order valence-corrected chi connectivity index (χ0v) is 26.7. The van der Waals surface area contributed by atoms with Gasteiger partial charge in [-0.3, -0.25) is 4.98 Å². The molecule has 0 amide bonds. The Morgan fingerprint density at radius 2 is 0.694 bits per heavy atom. The van der Waals surface area contributed by atoms with Crippen LogP contribution in [0.1, 0.15) is 5.69 Å². The molecule has 0 aliphatic rings. The van der Waals surface area contributed by atoms with Crippen molar-refractivity contribution in [2.45, 2.75) is 6.92 Å². The van der Waals surface area contributed by atoms with E-state index in [1.54, 1.807) is 0 Å². The number of aromatic nitrogens is 4. The lowest BCUT2D eigenvalue weighted by molar-refractivity contribution is 1.25. The van der Waals surface area contributed by atoms with Crippen LogP contribution in [-0.4, -0.2) is 19.9 Å². The lowest BCUT2D eigenvalue weighted by atomic mass is 9.97. The minimum Gasteiger partial charge on any atom is -0.251 e. The molecule has 228 valence electrons. The van der Waals surface area contributed by atoms with Crippen LogP contribution in [0.3, 0.4) is 0 Å². The van der Waals surface area contributed by atoms with Gasteiger partial charge < -0.3 is 0 Å². The van der Waals surface area contributed by atoms with Gasteiger partial charge in [0.15, 0.2) is 0 Å². The standard InChI is InChI=1S/C45H28N4/c1-27-10-11-28-12-13-29-14-17-41(49-45(29)44(28)46-27)38-23-36(39-18-15-34-20-30-6-2-4-8-32(30)25-42(34)47-39)22-37(24-38)40-19-16-35-21-31-7-3-5-9-33(31)26-43(35)48-40/h2-26H,1H3. The molecule has 4 aromatic heterocycles. The van der Waals surface area contributed by atoms with Gasteiger partial charge in [-0.25, -0.2) is 15.0 Å². The molecule has 4 heteroatoms. The Kier molecular flexibility index (Phi) is 6.06. The molecule has 4 nitrogen and oxygen atoms in total. The first-order valence-corrected chi connectivity index (χ1v) is 16.5. The first-order chi connectivity index (χ1) is 24.1. The summed E-state index contributed by atoms with van der Waals surface area (Å²) in [6.45, 7) is 2.02. The maximum Gasteiger partial charge on any atom is 0.0972 e. The fourth-order valence-electron chi connectivity index (χ4n) is 7.04. The van der Waals surface area contributed by atoms with Crippen molar-refractivity contribution in [3.05, 3.63) is 157 Å². The molecular formula is C45H28N4. The lowest BCUT2D eigenvalue weighted by Crippen LogP contribution is -1.93. The fraction of sp³-hybridized carbons (Fsp3) is 0.0222. The number of fused-ring (bicyclic) bond motifs is 7. The molecule has 10 rings (SSSR count). The van der Waals surface area contributed by atoms with E-state index in [9.17, 15) is 0 Å². The van der Waals surface area contributed by atoms with E-state index in [0.29, 0.717) is 0 Å². The van der Waals surface area contributed by atoms with Gasteiger partial charge >= 0.3 is 0 Å². The van der Waals surface area contributed by atoms with E-state index in [-0.39, 0.29) is 0 Å². The van der Waals surface area contributed by atoms with Gasteiger partial charge in [-0.1, -0.05) is 84.9 Å². The van der Waals surface area contributed by atoms with Crippen LogP contribution in [-0.2, 0) is 0 Å². The Hall–Kier alpha value is -6.52. The molecule has 4 heterocycles. The van der Waals surface area contributed by atoms with Crippen LogP contribution < -0.4 is 0 Å². The maximum absolute atomic E-state index is 5.25. The van der Waals surface area contributed by atoms with Crippen molar-refractivity contribution in [1.29, 1.82) is 0 Å². The molecule has 0 saturated carbocycles.